The Kier molecular flexibility index (Phi) is 5.93. The summed E-state index contributed by atoms with van der Waals surface area (Å²) in [5.74, 6) is -2.08. The maximum Gasteiger partial charge on any atom is 0.411 e. The molecule has 7 nitrogen and oxygen atoms in total. The van der Waals surface area contributed by atoms with Gasteiger partial charge in [-0.25, -0.2) is 18.7 Å². The Balaban J connectivity index is 1.79. The number of hydrogen-bond acceptors (Lipinski definition) is 4. The molecular formula is C25H26FN3O4. The average molecular weight is 451 g/mol. The molecule has 1 saturated heterocycles. The Morgan fingerprint density at radius 1 is 1.09 bits per heavy atom. The molecule has 1 aromatic heterocycles. The number of hydrogen-bond donors (Lipinski definition) is 1. The molecule has 2 heterocycles. The summed E-state index contributed by atoms with van der Waals surface area (Å²) in [5, 5.41) is 14.6. The maximum absolute atomic E-state index is 14.2. The summed E-state index contributed by atoms with van der Waals surface area (Å²) in [4.78, 5) is 26.6. The van der Waals surface area contributed by atoms with E-state index in [9.17, 15) is 19.1 Å². The van der Waals surface area contributed by atoms with Gasteiger partial charge in [0.1, 0.15) is 17.5 Å². The Bertz CT molecular complexity index is 1160. The molecule has 0 aliphatic carbocycles. The molecule has 1 N–H and O–H groups in total. The molecule has 0 unspecified atom stereocenters. The predicted molar refractivity (Wildman–Crippen MR) is 120 cm³/mol. The number of aromatic nitrogens is 2. The summed E-state index contributed by atoms with van der Waals surface area (Å²) in [6, 6.07) is 15.3. The van der Waals surface area contributed by atoms with Crippen LogP contribution < -0.4 is 0 Å². The molecular weight excluding hydrogens is 425 g/mol. The summed E-state index contributed by atoms with van der Waals surface area (Å²) in [5.41, 5.74) is 1.14. The Labute approximate surface area is 191 Å². The van der Waals surface area contributed by atoms with Crippen LogP contribution in [0.5, 0.6) is 0 Å². The topological polar surface area (TPSA) is 84.7 Å². The van der Waals surface area contributed by atoms with Gasteiger partial charge in [-0.2, -0.15) is 5.10 Å². The summed E-state index contributed by atoms with van der Waals surface area (Å²) in [7, 11) is 0. The third-order valence-electron chi connectivity index (χ3n) is 5.58. The summed E-state index contributed by atoms with van der Waals surface area (Å²) < 4.78 is 21.4. The van der Waals surface area contributed by atoms with Crippen molar-refractivity contribution < 1.29 is 23.8 Å². The normalized spacial score (nSPS) is 20.6. The van der Waals surface area contributed by atoms with Crippen molar-refractivity contribution in [1.29, 1.82) is 0 Å². The van der Waals surface area contributed by atoms with Crippen LogP contribution >= 0.6 is 0 Å². The van der Waals surface area contributed by atoms with Gasteiger partial charge in [-0.05, 0) is 63.1 Å². The maximum atomic E-state index is 14.2. The second kappa shape index (κ2) is 8.69. The minimum atomic E-state index is -1.15. The number of carboxylic acids is 1. The molecule has 1 aliphatic rings. The zero-order chi connectivity index (χ0) is 23.8. The van der Waals surface area contributed by atoms with Crippen LogP contribution in [0.1, 0.15) is 50.4 Å². The van der Waals surface area contributed by atoms with Crippen LogP contribution in [0.2, 0.25) is 0 Å². The van der Waals surface area contributed by atoms with Crippen LogP contribution in [-0.2, 0) is 9.53 Å². The van der Waals surface area contributed by atoms with Crippen LogP contribution in [-0.4, -0.2) is 43.5 Å². The van der Waals surface area contributed by atoms with Crippen molar-refractivity contribution in [2.45, 2.75) is 50.8 Å². The van der Waals surface area contributed by atoms with E-state index in [0.29, 0.717) is 11.3 Å². The largest absolute Gasteiger partial charge is 0.480 e. The summed E-state index contributed by atoms with van der Waals surface area (Å²) >= 11 is 0. The Morgan fingerprint density at radius 3 is 2.45 bits per heavy atom. The first kappa shape index (κ1) is 22.5. The molecule has 1 amide bonds. The highest BCUT2D eigenvalue weighted by atomic mass is 19.1. The van der Waals surface area contributed by atoms with Gasteiger partial charge in [-0.3, -0.25) is 4.90 Å². The number of halogens is 1. The highest BCUT2D eigenvalue weighted by Crippen LogP contribution is 2.47. The highest BCUT2D eigenvalue weighted by molar-refractivity contribution is 5.82. The number of carbonyl (C=O) groups is 2. The van der Waals surface area contributed by atoms with Crippen molar-refractivity contribution in [3.05, 3.63) is 83.9 Å². The van der Waals surface area contributed by atoms with Crippen molar-refractivity contribution in [3.63, 3.8) is 0 Å². The lowest BCUT2D eigenvalue weighted by Crippen LogP contribution is -2.44. The van der Waals surface area contributed by atoms with E-state index in [1.165, 1.54) is 17.0 Å². The van der Waals surface area contributed by atoms with Crippen molar-refractivity contribution in [2.24, 2.45) is 0 Å². The average Bonchev–Trinajstić information content (AvgIpc) is 3.38. The van der Waals surface area contributed by atoms with E-state index in [2.05, 4.69) is 5.10 Å². The minimum Gasteiger partial charge on any atom is -0.480 e. The van der Waals surface area contributed by atoms with Gasteiger partial charge in [0, 0.05) is 12.1 Å². The summed E-state index contributed by atoms with van der Waals surface area (Å²) in [6.07, 6.45) is 1.16. The number of rotatable bonds is 4. The van der Waals surface area contributed by atoms with Gasteiger partial charge in [0.2, 0.25) is 0 Å². The van der Waals surface area contributed by atoms with Gasteiger partial charge in [-0.1, -0.05) is 30.3 Å². The van der Waals surface area contributed by atoms with Gasteiger partial charge in [-0.15, -0.1) is 0 Å². The Hall–Kier alpha value is -3.68. The third kappa shape index (κ3) is 4.74. The van der Waals surface area contributed by atoms with E-state index in [1.54, 1.807) is 43.8 Å². The standard InChI is InChI=1S/C25H26FN3O4/c1-25(2,3)33-24(32)29-21(23(30)31)15-19(22(29)16-8-7-9-17(26)14-16)20-12-13-28(27-20)18-10-5-4-6-11-18/h4-14,19,21-22H,15H2,1-3H3,(H,30,31)/t19-,21+,22+/m1/s1. The fraction of sp³-hybridized carbons (Fsp3) is 0.320. The van der Waals surface area contributed by atoms with E-state index in [-0.39, 0.29) is 6.42 Å². The van der Waals surface area contributed by atoms with Crippen LogP contribution in [0.15, 0.2) is 66.9 Å². The minimum absolute atomic E-state index is 0.127. The number of aliphatic carboxylic acids is 1. The molecule has 172 valence electrons. The number of carboxylic acid groups (broad SMARTS) is 1. The monoisotopic (exact) mass is 451 g/mol. The molecule has 0 bridgehead atoms. The Morgan fingerprint density at radius 2 is 1.82 bits per heavy atom. The van der Waals surface area contributed by atoms with Crippen molar-refractivity contribution in [1.82, 2.24) is 14.7 Å². The molecule has 1 aliphatic heterocycles. The molecule has 4 rings (SSSR count). The molecule has 2 aromatic carbocycles. The number of likely N-dealkylation sites (tertiary alicyclic amines) is 1. The van der Waals surface area contributed by atoms with E-state index < -0.39 is 41.5 Å². The van der Waals surface area contributed by atoms with Crippen LogP contribution in [0.25, 0.3) is 5.69 Å². The van der Waals surface area contributed by atoms with E-state index in [4.69, 9.17) is 4.74 Å². The number of ether oxygens (including phenoxy) is 1. The zero-order valence-corrected chi connectivity index (χ0v) is 18.7. The SMILES string of the molecule is CC(C)(C)OC(=O)N1[C@H](C(=O)O)C[C@H](c2ccn(-c3ccccc3)n2)[C@@H]1c1cccc(F)c1. The van der Waals surface area contributed by atoms with E-state index >= 15 is 0 Å². The van der Waals surface area contributed by atoms with Crippen LogP contribution in [0.4, 0.5) is 9.18 Å². The fourth-order valence-electron chi connectivity index (χ4n) is 4.27. The van der Waals surface area contributed by atoms with Gasteiger partial charge < -0.3 is 9.84 Å². The molecule has 0 radical (unpaired) electrons. The number of amides is 1. The van der Waals surface area contributed by atoms with Gasteiger partial charge in [0.25, 0.3) is 0 Å². The van der Waals surface area contributed by atoms with Crippen molar-refractivity contribution >= 4 is 12.1 Å². The number of para-hydroxylation sites is 1. The molecule has 3 aromatic rings. The molecule has 0 saturated carbocycles. The fourth-order valence-corrected chi connectivity index (χ4v) is 4.27. The molecule has 33 heavy (non-hydrogen) atoms. The van der Waals surface area contributed by atoms with E-state index in [1.807, 2.05) is 36.4 Å². The van der Waals surface area contributed by atoms with Gasteiger partial charge in [0.05, 0.1) is 17.4 Å². The lowest BCUT2D eigenvalue weighted by molar-refractivity contribution is -0.142. The van der Waals surface area contributed by atoms with E-state index in [0.717, 1.165) is 5.69 Å². The van der Waals surface area contributed by atoms with Gasteiger partial charge >= 0.3 is 12.1 Å². The lowest BCUT2D eigenvalue weighted by Gasteiger charge is -2.32. The zero-order valence-electron chi connectivity index (χ0n) is 18.7. The molecule has 1 fully saturated rings. The second-order valence-corrected chi connectivity index (χ2v) is 9.10. The lowest BCUT2D eigenvalue weighted by atomic mass is 9.90. The smallest absolute Gasteiger partial charge is 0.411 e. The quantitative estimate of drug-likeness (QED) is 0.608. The molecule has 0 spiro atoms. The van der Waals surface area contributed by atoms with Crippen LogP contribution in [0, 0.1) is 5.82 Å². The highest BCUT2D eigenvalue weighted by Gasteiger charge is 2.50. The van der Waals surface area contributed by atoms with Crippen molar-refractivity contribution in [2.75, 3.05) is 0 Å². The predicted octanol–water partition coefficient (Wildman–Crippen LogP) is 4.93. The second-order valence-electron chi connectivity index (χ2n) is 9.10. The third-order valence-corrected chi connectivity index (χ3v) is 5.58. The molecule has 8 heteroatoms. The number of carbonyl (C=O) groups excluding carboxylic acids is 1. The number of benzene rings is 2. The first-order valence-corrected chi connectivity index (χ1v) is 10.7. The van der Waals surface area contributed by atoms with Crippen molar-refractivity contribution in [3.8, 4) is 5.69 Å². The van der Waals surface area contributed by atoms with Crippen LogP contribution in [0.3, 0.4) is 0 Å². The first-order chi connectivity index (χ1) is 15.6. The first-order valence-electron chi connectivity index (χ1n) is 10.7. The molecule has 3 atom stereocenters. The number of nitrogens with zero attached hydrogens (tertiary/aromatic N) is 3. The summed E-state index contributed by atoms with van der Waals surface area (Å²) in [6.45, 7) is 5.15. The van der Waals surface area contributed by atoms with Gasteiger partial charge in [0.15, 0.2) is 0 Å².